The van der Waals surface area contributed by atoms with Crippen LogP contribution in [0, 0.1) is 11.7 Å². The molecule has 0 aromatic heterocycles. The molecule has 190 valence electrons. The molecule has 2 fully saturated rings. The number of benzene rings is 2. The molecule has 0 aliphatic carbocycles. The summed E-state index contributed by atoms with van der Waals surface area (Å²) in [6, 6.07) is 8.08. The standard InChI is InChI=1S/C23H25F4N3O4S/c1-15-13-29(21-6-5-17(24)11-20(21)23(25,26)27)9-10-30(15)35(33,34)19-4-2-3-18(12-19)28-8-7-16(14-28)22(31)32/h2-6,11-12,15-16H,7-10,13-14H2,1H3,(H,31,32)/t15-,16?/m1/s1. The van der Waals surface area contributed by atoms with Gasteiger partial charge in [0, 0.05) is 50.1 Å². The molecule has 2 aromatic carbocycles. The number of piperazine rings is 1. The molecule has 0 saturated carbocycles. The van der Waals surface area contributed by atoms with Crippen molar-refractivity contribution in [2.45, 2.75) is 30.5 Å². The van der Waals surface area contributed by atoms with E-state index in [0.29, 0.717) is 24.7 Å². The highest BCUT2D eigenvalue weighted by atomic mass is 32.2. The van der Waals surface area contributed by atoms with Gasteiger partial charge in [-0.25, -0.2) is 12.8 Å². The van der Waals surface area contributed by atoms with Crippen molar-refractivity contribution >= 4 is 27.4 Å². The number of rotatable bonds is 5. The second kappa shape index (κ2) is 9.30. The highest BCUT2D eigenvalue weighted by Gasteiger charge is 2.39. The van der Waals surface area contributed by atoms with Crippen molar-refractivity contribution in [2.75, 3.05) is 42.5 Å². The Morgan fingerprint density at radius 2 is 1.77 bits per heavy atom. The fourth-order valence-electron chi connectivity index (χ4n) is 4.70. The van der Waals surface area contributed by atoms with Crippen LogP contribution in [0.4, 0.5) is 28.9 Å². The van der Waals surface area contributed by atoms with E-state index in [9.17, 15) is 35.9 Å². The van der Waals surface area contributed by atoms with E-state index in [1.807, 2.05) is 4.90 Å². The normalized spacial score (nSPS) is 22.0. The van der Waals surface area contributed by atoms with Crippen LogP contribution in [0.5, 0.6) is 0 Å². The Kier molecular flexibility index (Phi) is 6.71. The van der Waals surface area contributed by atoms with Crippen LogP contribution in [0.15, 0.2) is 47.4 Å². The fourth-order valence-corrected chi connectivity index (χ4v) is 6.35. The Balaban J connectivity index is 1.54. The van der Waals surface area contributed by atoms with Gasteiger partial charge < -0.3 is 14.9 Å². The number of hydrogen-bond acceptors (Lipinski definition) is 5. The first-order valence-electron chi connectivity index (χ1n) is 11.1. The van der Waals surface area contributed by atoms with Crippen LogP contribution in [-0.4, -0.2) is 62.6 Å². The first-order valence-corrected chi connectivity index (χ1v) is 12.5. The molecule has 1 N–H and O–H groups in total. The summed E-state index contributed by atoms with van der Waals surface area (Å²) < 4.78 is 82.0. The molecule has 35 heavy (non-hydrogen) atoms. The lowest BCUT2D eigenvalue weighted by molar-refractivity contribution is -0.141. The van der Waals surface area contributed by atoms with Crippen molar-refractivity contribution in [1.82, 2.24) is 4.31 Å². The molecular formula is C23H25F4N3O4S. The third kappa shape index (κ3) is 5.08. The number of aliphatic carboxylic acids is 1. The molecule has 7 nitrogen and oxygen atoms in total. The Bertz CT molecular complexity index is 1220. The molecule has 2 aliphatic rings. The van der Waals surface area contributed by atoms with Crippen molar-refractivity contribution < 1.29 is 35.9 Å². The van der Waals surface area contributed by atoms with Gasteiger partial charge in [-0.15, -0.1) is 0 Å². The molecule has 2 heterocycles. The third-order valence-electron chi connectivity index (χ3n) is 6.50. The number of carboxylic acid groups (broad SMARTS) is 1. The first-order chi connectivity index (χ1) is 16.4. The minimum atomic E-state index is -4.75. The fraction of sp³-hybridized carbons (Fsp3) is 0.435. The Hall–Kier alpha value is -2.86. The summed E-state index contributed by atoms with van der Waals surface area (Å²) in [6.45, 7) is 2.35. The summed E-state index contributed by atoms with van der Waals surface area (Å²) >= 11 is 0. The van der Waals surface area contributed by atoms with Gasteiger partial charge in [0.05, 0.1) is 16.4 Å². The molecule has 1 unspecified atom stereocenters. The van der Waals surface area contributed by atoms with Crippen molar-refractivity contribution in [2.24, 2.45) is 5.92 Å². The van der Waals surface area contributed by atoms with E-state index in [2.05, 4.69) is 0 Å². The van der Waals surface area contributed by atoms with E-state index in [1.165, 1.54) is 21.3 Å². The number of anilines is 2. The van der Waals surface area contributed by atoms with E-state index in [4.69, 9.17) is 0 Å². The van der Waals surface area contributed by atoms with Crippen molar-refractivity contribution in [1.29, 1.82) is 0 Å². The molecule has 2 saturated heterocycles. The van der Waals surface area contributed by atoms with Crippen LogP contribution in [0.2, 0.25) is 0 Å². The van der Waals surface area contributed by atoms with Gasteiger partial charge in [-0.2, -0.15) is 17.5 Å². The number of hydrogen-bond donors (Lipinski definition) is 1. The van der Waals surface area contributed by atoms with Crippen LogP contribution in [0.1, 0.15) is 18.9 Å². The maximum atomic E-state index is 13.5. The molecule has 0 radical (unpaired) electrons. The average Bonchev–Trinajstić information content (AvgIpc) is 3.29. The summed E-state index contributed by atoms with van der Waals surface area (Å²) in [5.74, 6) is -2.41. The van der Waals surface area contributed by atoms with E-state index >= 15 is 0 Å². The zero-order valence-electron chi connectivity index (χ0n) is 18.9. The predicted octanol–water partition coefficient (Wildman–Crippen LogP) is 3.65. The number of halogens is 4. The van der Waals surface area contributed by atoms with Gasteiger partial charge in [0.1, 0.15) is 5.82 Å². The van der Waals surface area contributed by atoms with E-state index < -0.39 is 45.5 Å². The van der Waals surface area contributed by atoms with Crippen LogP contribution in [0.3, 0.4) is 0 Å². The Labute approximate surface area is 200 Å². The van der Waals surface area contributed by atoms with Crippen LogP contribution < -0.4 is 9.80 Å². The molecule has 0 spiro atoms. The lowest BCUT2D eigenvalue weighted by atomic mass is 10.1. The van der Waals surface area contributed by atoms with Crippen molar-refractivity contribution in [3.05, 3.63) is 53.8 Å². The number of nitrogens with zero attached hydrogens (tertiary/aromatic N) is 3. The van der Waals surface area contributed by atoms with Gasteiger partial charge in [0.25, 0.3) is 0 Å². The van der Waals surface area contributed by atoms with Gasteiger partial charge in [-0.05, 0) is 49.7 Å². The second-order valence-corrected chi connectivity index (χ2v) is 10.7. The quantitative estimate of drug-likeness (QED) is 0.613. The number of carbonyl (C=O) groups is 1. The molecule has 0 amide bonds. The summed E-state index contributed by atoms with van der Waals surface area (Å²) in [4.78, 5) is 14.5. The largest absolute Gasteiger partial charge is 0.481 e. The highest BCUT2D eigenvalue weighted by molar-refractivity contribution is 7.89. The van der Waals surface area contributed by atoms with Gasteiger partial charge in [-0.1, -0.05) is 6.07 Å². The van der Waals surface area contributed by atoms with Crippen molar-refractivity contribution in [3.8, 4) is 0 Å². The van der Waals surface area contributed by atoms with E-state index in [1.54, 1.807) is 19.1 Å². The number of alkyl halides is 3. The molecule has 4 rings (SSSR count). The van der Waals surface area contributed by atoms with E-state index in [0.717, 1.165) is 12.1 Å². The second-order valence-electron chi connectivity index (χ2n) is 8.84. The Morgan fingerprint density at radius 3 is 2.40 bits per heavy atom. The third-order valence-corrected chi connectivity index (χ3v) is 8.51. The minimum absolute atomic E-state index is 0.0000493. The van der Waals surface area contributed by atoms with Gasteiger partial charge in [0.2, 0.25) is 10.0 Å². The summed E-state index contributed by atoms with van der Waals surface area (Å²) in [5.41, 5.74) is -0.687. The smallest absolute Gasteiger partial charge is 0.418 e. The lowest BCUT2D eigenvalue weighted by Gasteiger charge is -2.40. The molecular weight excluding hydrogens is 490 g/mol. The first kappa shape index (κ1) is 25.2. The van der Waals surface area contributed by atoms with Crippen LogP contribution in [0.25, 0.3) is 0 Å². The van der Waals surface area contributed by atoms with E-state index in [-0.39, 0.29) is 36.8 Å². The van der Waals surface area contributed by atoms with Crippen molar-refractivity contribution in [3.63, 3.8) is 0 Å². The topological polar surface area (TPSA) is 81.2 Å². The average molecular weight is 516 g/mol. The molecule has 2 aromatic rings. The zero-order chi connectivity index (χ0) is 25.5. The summed E-state index contributed by atoms with van der Waals surface area (Å²) in [7, 11) is -3.96. The molecule has 0 bridgehead atoms. The monoisotopic (exact) mass is 515 g/mol. The van der Waals surface area contributed by atoms with Gasteiger partial charge in [-0.3, -0.25) is 4.79 Å². The Morgan fingerprint density at radius 1 is 1.03 bits per heavy atom. The molecule has 2 atom stereocenters. The zero-order valence-corrected chi connectivity index (χ0v) is 19.7. The van der Waals surface area contributed by atoms with Crippen LogP contribution in [-0.2, 0) is 21.0 Å². The lowest BCUT2D eigenvalue weighted by Crippen LogP contribution is -2.54. The maximum Gasteiger partial charge on any atom is 0.418 e. The summed E-state index contributed by atoms with van der Waals surface area (Å²) in [5, 5.41) is 9.23. The molecule has 12 heteroatoms. The predicted molar refractivity (Wildman–Crippen MR) is 121 cm³/mol. The number of sulfonamides is 1. The highest BCUT2D eigenvalue weighted by Crippen LogP contribution is 2.38. The van der Waals surface area contributed by atoms with Crippen LogP contribution >= 0.6 is 0 Å². The number of carboxylic acids is 1. The van der Waals surface area contributed by atoms with Gasteiger partial charge in [0.15, 0.2) is 0 Å². The van der Waals surface area contributed by atoms with Gasteiger partial charge >= 0.3 is 12.1 Å². The molecule has 2 aliphatic heterocycles. The summed E-state index contributed by atoms with van der Waals surface area (Å²) in [6.07, 6.45) is -4.28. The maximum absolute atomic E-state index is 13.5. The SMILES string of the molecule is C[C@@H]1CN(c2ccc(F)cc2C(F)(F)F)CCN1S(=O)(=O)c1cccc(N2CCC(C(=O)O)C2)c1. The minimum Gasteiger partial charge on any atom is -0.481 e.